The van der Waals surface area contributed by atoms with E-state index in [1.54, 1.807) is 0 Å². The molecule has 1 saturated heterocycles. The van der Waals surface area contributed by atoms with Crippen molar-refractivity contribution in [1.29, 1.82) is 0 Å². The number of hydrogen-bond donors (Lipinski definition) is 1. The topological polar surface area (TPSA) is 41.6 Å². The maximum absolute atomic E-state index is 13.3. The molecule has 1 fully saturated rings. The number of nitrogens with zero attached hydrogens (tertiary/aromatic N) is 1. The van der Waals surface area contributed by atoms with E-state index in [4.69, 9.17) is 4.74 Å². The van der Waals surface area contributed by atoms with Crippen LogP contribution in [0.1, 0.15) is 39.9 Å². The zero-order valence-electron chi connectivity index (χ0n) is 15.6. The van der Waals surface area contributed by atoms with Gasteiger partial charge in [0.15, 0.2) is 0 Å². The lowest BCUT2D eigenvalue weighted by Gasteiger charge is -2.39. The molecule has 2 heterocycles. The van der Waals surface area contributed by atoms with Crippen LogP contribution in [0.15, 0.2) is 59.1 Å². The largest absolute Gasteiger partial charge is 0.378 e. The number of carbonyl (C=O) groups excluding carboxylic acids is 1. The van der Waals surface area contributed by atoms with E-state index in [0.29, 0.717) is 38.1 Å². The van der Waals surface area contributed by atoms with Crippen LogP contribution in [0.3, 0.4) is 0 Å². The zero-order chi connectivity index (χ0) is 19.1. The van der Waals surface area contributed by atoms with Crippen molar-refractivity contribution in [2.45, 2.75) is 18.4 Å². The Morgan fingerprint density at radius 2 is 1.89 bits per heavy atom. The monoisotopic (exact) mass is 438 g/mol. The summed E-state index contributed by atoms with van der Waals surface area (Å²) in [5.74, 6) is 0.924. The Kier molecular flexibility index (Phi) is 4.73. The Balaban J connectivity index is 1.55. The van der Waals surface area contributed by atoms with Crippen LogP contribution in [0.4, 0.5) is 5.69 Å². The molecule has 0 radical (unpaired) electrons. The van der Waals surface area contributed by atoms with E-state index in [0.717, 1.165) is 22.1 Å². The molecule has 5 heteroatoms. The van der Waals surface area contributed by atoms with Crippen LogP contribution in [-0.2, 0) is 4.74 Å². The standard InChI is InChI=1S/C23H23BrN2O2/c24-16-9-7-15(8-10-16)21-18-4-1-3-17(18)19-5-2-6-20(22(19)25-21)23(27)26-11-13-28-14-12-26/h1-3,5-10,17-18,21,25H,4,11-14H2/t17-,18-,21+/m0/s1. The van der Waals surface area contributed by atoms with Crippen LogP contribution >= 0.6 is 15.9 Å². The second kappa shape index (κ2) is 7.37. The number of hydrogen-bond acceptors (Lipinski definition) is 3. The van der Waals surface area contributed by atoms with Gasteiger partial charge in [0.2, 0.25) is 0 Å². The van der Waals surface area contributed by atoms with Gasteiger partial charge >= 0.3 is 0 Å². The summed E-state index contributed by atoms with van der Waals surface area (Å²) in [7, 11) is 0. The summed E-state index contributed by atoms with van der Waals surface area (Å²) in [5.41, 5.74) is 4.28. The average Bonchev–Trinajstić information content (AvgIpc) is 3.24. The van der Waals surface area contributed by atoms with Gasteiger partial charge in [-0.3, -0.25) is 4.79 Å². The van der Waals surface area contributed by atoms with Crippen LogP contribution < -0.4 is 5.32 Å². The van der Waals surface area contributed by atoms with Gasteiger partial charge in [0, 0.05) is 23.5 Å². The number of morpholine rings is 1. The Hall–Kier alpha value is -2.11. The Bertz CT molecular complexity index is 919. The smallest absolute Gasteiger partial charge is 0.256 e. The van der Waals surface area contributed by atoms with Crippen molar-refractivity contribution in [3.63, 3.8) is 0 Å². The number of fused-ring (bicyclic) bond motifs is 3. The van der Waals surface area contributed by atoms with Crippen LogP contribution in [0.25, 0.3) is 0 Å². The molecular formula is C23H23BrN2O2. The van der Waals surface area contributed by atoms with E-state index in [-0.39, 0.29) is 11.9 Å². The number of rotatable bonds is 2. The van der Waals surface area contributed by atoms with Crippen molar-refractivity contribution < 1.29 is 9.53 Å². The number of ether oxygens (including phenoxy) is 1. The molecule has 0 aromatic heterocycles. The molecule has 0 bridgehead atoms. The molecule has 0 unspecified atom stereocenters. The first-order chi connectivity index (χ1) is 13.7. The Morgan fingerprint density at radius 1 is 1.11 bits per heavy atom. The highest BCUT2D eigenvalue weighted by atomic mass is 79.9. The van der Waals surface area contributed by atoms with E-state index in [1.807, 2.05) is 17.0 Å². The molecule has 2 aliphatic heterocycles. The van der Waals surface area contributed by atoms with E-state index >= 15 is 0 Å². The van der Waals surface area contributed by atoms with Gasteiger partial charge in [0.25, 0.3) is 5.91 Å². The van der Waals surface area contributed by atoms with E-state index in [9.17, 15) is 4.79 Å². The number of anilines is 1. The summed E-state index contributed by atoms with van der Waals surface area (Å²) in [6.07, 6.45) is 5.66. The van der Waals surface area contributed by atoms with Gasteiger partial charge in [0.05, 0.1) is 30.5 Å². The van der Waals surface area contributed by atoms with Gasteiger partial charge in [0.1, 0.15) is 0 Å². The van der Waals surface area contributed by atoms with Gasteiger partial charge in [-0.05, 0) is 41.7 Å². The normalized spacial score (nSPS) is 25.8. The molecule has 28 heavy (non-hydrogen) atoms. The van der Waals surface area contributed by atoms with Crippen molar-refractivity contribution in [3.05, 3.63) is 75.8 Å². The van der Waals surface area contributed by atoms with Crippen molar-refractivity contribution >= 4 is 27.5 Å². The predicted octanol–water partition coefficient (Wildman–Crippen LogP) is 4.75. The molecule has 1 aliphatic carbocycles. The minimum Gasteiger partial charge on any atom is -0.378 e. The second-order valence-electron chi connectivity index (χ2n) is 7.70. The molecule has 3 atom stereocenters. The third-order valence-electron chi connectivity index (χ3n) is 6.15. The van der Waals surface area contributed by atoms with Gasteiger partial charge < -0.3 is 15.0 Å². The lowest BCUT2D eigenvalue weighted by Crippen LogP contribution is -2.41. The molecule has 1 amide bonds. The summed E-state index contributed by atoms with van der Waals surface area (Å²) in [4.78, 5) is 15.2. The lowest BCUT2D eigenvalue weighted by molar-refractivity contribution is 0.0303. The summed E-state index contributed by atoms with van der Waals surface area (Å²) in [5, 5.41) is 3.76. The number of allylic oxidation sites excluding steroid dienone is 2. The summed E-state index contributed by atoms with van der Waals surface area (Å²) >= 11 is 3.53. The third-order valence-corrected chi connectivity index (χ3v) is 6.68. The Morgan fingerprint density at radius 3 is 2.68 bits per heavy atom. The van der Waals surface area contributed by atoms with E-state index in [1.165, 1.54) is 11.1 Å². The molecular weight excluding hydrogens is 416 g/mol. The number of para-hydroxylation sites is 1. The Labute approximate surface area is 173 Å². The predicted molar refractivity (Wildman–Crippen MR) is 114 cm³/mol. The lowest BCUT2D eigenvalue weighted by atomic mass is 9.76. The number of benzene rings is 2. The minimum atomic E-state index is 0.0997. The highest BCUT2D eigenvalue weighted by Crippen LogP contribution is 2.50. The number of nitrogens with one attached hydrogen (secondary N) is 1. The van der Waals surface area contributed by atoms with Crippen molar-refractivity contribution in [3.8, 4) is 0 Å². The zero-order valence-corrected chi connectivity index (χ0v) is 17.2. The highest BCUT2D eigenvalue weighted by molar-refractivity contribution is 9.10. The first kappa shape index (κ1) is 18.0. The van der Waals surface area contributed by atoms with Gasteiger partial charge in [-0.1, -0.05) is 52.3 Å². The molecule has 2 aromatic carbocycles. The van der Waals surface area contributed by atoms with Crippen LogP contribution in [0.5, 0.6) is 0 Å². The first-order valence-electron chi connectivity index (χ1n) is 9.91. The fourth-order valence-electron chi connectivity index (χ4n) is 4.74. The van der Waals surface area contributed by atoms with Crippen molar-refractivity contribution in [1.82, 2.24) is 4.90 Å². The second-order valence-corrected chi connectivity index (χ2v) is 8.62. The van der Waals surface area contributed by atoms with E-state index in [2.05, 4.69) is 63.7 Å². The number of carbonyl (C=O) groups is 1. The summed E-state index contributed by atoms with van der Waals surface area (Å²) in [6.45, 7) is 2.54. The summed E-state index contributed by atoms with van der Waals surface area (Å²) < 4.78 is 6.50. The number of halogens is 1. The number of amides is 1. The average molecular weight is 439 g/mol. The van der Waals surface area contributed by atoms with Crippen LogP contribution in [0, 0.1) is 5.92 Å². The molecule has 3 aliphatic rings. The van der Waals surface area contributed by atoms with Gasteiger partial charge in [-0.15, -0.1) is 0 Å². The maximum atomic E-state index is 13.3. The molecule has 144 valence electrons. The highest BCUT2D eigenvalue weighted by Gasteiger charge is 2.39. The SMILES string of the molecule is O=C(c1cccc2c1N[C@H](c1ccc(Br)cc1)[C@H]1CC=C[C@H]21)N1CCOCC1. The first-order valence-corrected chi connectivity index (χ1v) is 10.7. The fraction of sp³-hybridized carbons (Fsp3) is 0.348. The third kappa shape index (κ3) is 3.07. The van der Waals surface area contributed by atoms with Crippen molar-refractivity contribution in [2.75, 3.05) is 31.6 Å². The van der Waals surface area contributed by atoms with Crippen molar-refractivity contribution in [2.24, 2.45) is 5.92 Å². The molecule has 1 N–H and O–H groups in total. The van der Waals surface area contributed by atoms with Gasteiger partial charge in [-0.2, -0.15) is 0 Å². The quantitative estimate of drug-likeness (QED) is 0.687. The molecule has 5 rings (SSSR count). The van der Waals surface area contributed by atoms with Crippen LogP contribution in [0.2, 0.25) is 0 Å². The maximum Gasteiger partial charge on any atom is 0.256 e. The molecule has 0 spiro atoms. The van der Waals surface area contributed by atoms with Gasteiger partial charge in [-0.25, -0.2) is 0 Å². The molecule has 4 nitrogen and oxygen atoms in total. The van der Waals surface area contributed by atoms with Crippen LogP contribution in [-0.4, -0.2) is 37.1 Å². The van der Waals surface area contributed by atoms with E-state index < -0.39 is 0 Å². The fourth-order valence-corrected chi connectivity index (χ4v) is 5.00. The molecule has 2 aromatic rings. The minimum absolute atomic E-state index is 0.0997. The molecule has 0 saturated carbocycles. The summed E-state index contributed by atoms with van der Waals surface area (Å²) in [6, 6.07) is 14.9.